The summed E-state index contributed by atoms with van der Waals surface area (Å²) in [6.45, 7) is 8.60. The zero-order valence-electron chi connectivity index (χ0n) is 48.9. The number of ether oxygens (including phenoxy) is 2. The molecule has 2 unspecified atom stereocenters. The summed E-state index contributed by atoms with van der Waals surface area (Å²) in [5.41, 5.74) is 25.7. The van der Waals surface area contributed by atoms with Gasteiger partial charge in [-0.25, -0.2) is 0 Å². The number of aryl methyl sites for hydroxylation is 1. The fourth-order valence-corrected chi connectivity index (χ4v) is 10.4. The topological polar surface area (TPSA) is 189 Å². The van der Waals surface area contributed by atoms with E-state index in [1.807, 2.05) is 116 Å². The van der Waals surface area contributed by atoms with E-state index in [-0.39, 0.29) is 20.5 Å². The zero-order chi connectivity index (χ0) is 61.3. The number of carbonyl (C=O) groups excluding carboxylic acids is 1. The third kappa shape index (κ3) is 22.2. The molecule has 0 amide bonds. The summed E-state index contributed by atoms with van der Waals surface area (Å²) in [4.78, 5) is 19.5. The van der Waals surface area contributed by atoms with Crippen molar-refractivity contribution in [2.45, 2.75) is 51.5 Å². The molecule has 17 heteroatoms. The van der Waals surface area contributed by atoms with Gasteiger partial charge in [-0.2, -0.15) is 5.26 Å². The molecule has 0 spiro atoms. The first kappa shape index (κ1) is 68.8. The summed E-state index contributed by atoms with van der Waals surface area (Å²) in [5.74, 6) is 2.74. The number of aliphatic imine (C=N–C) groups is 2. The largest absolute Gasteiger partial charge is 0.497 e. The van der Waals surface area contributed by atoms with Crippen LogP contribution in [-0.4, -0.2) is 72.2 Å². The van der Waals surface area contributed by atoms with Gasteiger partial charge < -0.3 is 35.6 Å². The van der Waals surface area contributed by atoms with E-state index in [9.17, 15) is 4.79 Å². The molecule has 0 saturated heterocycles. The van der Waals surface area contributed by atoms with Gasteiger partial charge in [-0.05, 0) is 162 Å². The third-order valence-corrected chi connectivity index (χ3v) is 15.4. The van der Waals surface area contributed by atoms with Crippen LogP contribution < -0.4 is 26.4 Å². The number of nitrogens with two attached hydrogens (primary N) is 2. The van der Waals surface area contributed by atoms with Gasteiger partial charge in [0.15, 0.2) is 8.24 Å². The summed E-state index contributed by atoms with van der Waals surface area (Å²) in [5, 5.41) is 26.0. The molecule has 0 aliphatic carbocycles. The van der Waals surface area contributed by atoms with Gasteiger partial charge in [0.25, 0.3) is 0 Å². The van der Waals surface area contributed by atoms with Crippen molar-refractivity contribution < 1.29 is 24.3 Å². The van der Waals surface area contributed by atoms with Crippen LogP contribution in [0.3, 0.4) is 0 Å². The molecule has 9 aromatic rings. The first-order chi connectivity index (χ1) is 40.9. The monoisotopic (exact) mass is 1350 g/mol. The number of aldehydes is 1. The van der Waals surface area contributed by atoms with Gasteiger partial charge in [0.2, 0.25) is 0 Å². The Morgan fingerprint density at radius 2 is 1.03 bits per heavy atom. The number of amidine groups is 2. The molecule has 86 heavy (non-hydrogen) atoms. The quantitative estimate of drug-likeness (QED) is 0.0624. The Kier molecular flexibility index (Phi) is 27.9. The molecule has 6 N–H and O–H groups in total. The highest BCUT2D eigenvalue weighted by molar-refractivity contribution is 9.11. The van der Waals surface area contributed by atoms with Gasteiger partial charge in [-0.1, -0.05) is 193 Å². The first-order valence-electron chi connectivity index (χ1n) is 27.2. The van der Waals surface area contributed by atoms with Crippen molar-refractivity contribution in [3.05, 3.63) is 287 Å². The minimum absolute atomic E-state index is 0. The van der Waals surface area contributed by atoms with Gasteiger partial charge >= 0.3 is 7.12 Å². The number of methoxy groups -OCH3 is 2. The summed E-state index contributed by atoms with van der Waals surface area (Å²) < 4.78 is 17.9. The second-order valence-corrected chi connectivity index (χ2v) is 27.8. The molecule has 11 rings (SSSR count). The number of carbonyl (C=O) groups is 1. The maximum absolute atomic E-state index is 10.1. The molecule has 2 heterocycles. The predicted molar refractivity (Wildman–Crippen MR) is 369 cm³/mol. The standard InChI is InChI=1S/C22H20N2O.C15H13BrN2.C10H14BrNSi.C8H7N.C7H9BO3.C7H5BrO.B/c1-25-19-10-5-8-16(13-19)15-7-4-9-18(12-15)21-14-17-6-2-3-11-20(17)22(23)24-21;16-12-6-3-5-11(8-12)14-9-10-4-1-2-7-13(10)15(17)18-14;1-13(2,3)12-8-9-5-4-6-10(11)7-9;1-7-4-2-3-5-8(7)6-9;1-11-7-4-2-3-6(5-7)8(9)10;8-7-3-1-2-6(4-7)5-9;/h2-13,21H,14H2,1H3,(H2,23,24);1-8,14H,9H2,(H2,17,18);4-8H,1-3H3;2-5H,1H3;2-5,9-10H,1H3;1-5H;. The van der Waals surface area contributed by atoms with E-state index in [1.165, 1.54) is 29.4 Å². The van der Waals surface area contributed by atoms with Crippen LogP contribution in [0.25, 0.3) is 11.1 Å². The maximum atomic E-state index is 10.1. The number of halogens is 3. The van der Waals surface area contributed by atoms with Crippen molar-refractivity contribution >= 4 is 101 Å². The van der Waals surface area contributed by atoms with Crippen molar-refractivity contribution in [2.24, 2.45) is 26.1 Å². The van der Waals surface area contributed by atoms with Crippen LogP contribution in [0.2, 0.25) is 19.6 Å². The number of hydrogen-bond donors (Lipinski definition) is 4. The summed E-state index contributed by atoms with van der Waals surface area (Å²) in [6, 6.07) is 73.2. The molecule has 2 aliphatic rings. The Balaban J connectivity index is 0.000000197. The smallest absolute Gasteiger partial charge is 0.488 e. The molecular formula is C69H68B2Br3N6O5Si. The number of nitrogens with zero attached hydrogens (tertiary/aromatic N) is 4. The molecule has 11 nitrogen and oxygen atoms in total. The SMILES string of the molecule is COc1cccc(-c2cccc(C3Cc4ccccc4C(N)=N3)c2)c1.COc1cccc(B(O)O)c1.C[Si](C)(C)N=Cc1cccc(Br)c1.Cc1ccccc1C#N.NC1=NC(c2cccc(Br)c2)Cc2ccccc21.O=Cc1cccc(Br)c1.[B]. The fraction of sp³-hybridized carbons (Fsp3) is 0.145. The lowest BCUT2D eigenvalue weighted by molar-refractivity contribution is 0.112. The second-order valence-electron chi connectivity index (χ2n) is 20.4. The molecule has 0 bridgehead atoms. The van der Waals surface area contributed by atoms with Crippen LogP contribution in [0.1, 0.15) is 72.5 Å². The predicted octanol–water partition coefficient (Wildman–Crippen LogP) is 14.6. The number of fused-ring (bicyclic) bond motifs is 2. The van der Waals surface area contributed by atoms with E-state index in [0.717, 1.165) is 77.2 Å². The van der Waals surface area contributed by atoms with Crippen LogP contribution in [0.5, 0.6) is 11.5 Å². The molecule has 2 aliphatic heterocycles. The van der Waals surface area contributed by atoms with Gasteiger partial charge in [-0.3, -0.25) is 14.8 Å². The maximum Gasteiger partial charge on any atom is 0.488 e. The van der Waals surface area contributed by atoms with Crippen LogP contribution in [-0.2, 0) is 12.8 Å². The Morgan fingerprint density at radius 1 is 0.581 bits per heavy atom. The normalized spacial score (nSPS) is 13.3. The van der Waals surface area contributed by atoms with Crippen molar-refractivity contribution in [3.8, 4) is 28.7 Å². The number of benzene rings is 9. The Hall–Kier alpha value is -7.94. The van der Waals surface area contributed by atoms with E-state index in [1.54, 1.807) is 43.5 Å². The average molecular weight is 1350 g/mol. The molecule has 0 fully saturated rings. The molecule has 435 valence electrons. The number of rotatable bonds is 9. The lowest BCUT2D eigenvalue weighted by Crippen LogP contribution is -2.29. The van der Waals surface area contributed by atoms with Crippen LogP contribution in [0, 0.1) is 18.3 Å². The van der Waals surface area contributed by atoms with Crippen molar-refractivity contribution in [1.82, 2.24) is 0 Å². The molecule has 0 aromatic heterocycles. The Bertz CT molecular complexity index is 3800. The number of nitriles is 1. The molecule has 2 atom stereocenters. The van der Waals surface area contributed by atoms with Crippen molar-refractivity contribution in [3.63, 3.8) is 0 Å². The lowest BCUT2D eigenvalue weighted by Gasteiger charge is -2.22. The highest BCUT2D eigenvalue weighted by atomic mass is 79.9. The summed E-state index contributed by atoms with van der Waals surface area (Å²) in [6.07, 6.45) is 4.58. The van der Waals surface area contributed by atoms with E-state index in [4.69, 9.17) is 41.2 Å². The zero-order valence-corrected chi connectivity index (χ0v) is 54.6. The highest BCUT2D eigenvalue weighted by Crippen LogP contribution is 2.33. The first-order valence-corrected chi connectivity index (χ1v) is 33.0. The lowest BCUT2D eigenvalue weighted by atomic mass is 9.80. The van der Waals surface area contributed by atoms with Gasteiger partial charge in [0, 0.05) is 44.7 Å². The van der Waals surface area contributed by atoms with Crippen LogP contribution in [0.4, 0.5) is 0 Å². The molecule has 9 aromatic carbocycles. The van der Waals surface area contributed by atoms with Crippen molar-refractivity contribution in [2.75, 3.05) is 14.2 Å². The molecule has 3 radical (unpaired) electrons. The minimum atomic E-state index is -1.43. The fourth-order valence-electron chi connectivity index (χ4n) is 8.64. The van der Waals surface area contributed by atoms with E-state index >= 15 is 0 Å². The highest BCUT2D eigenvalue weighted by Gasteiger charge is 2.22. The molecule has 0 saturated carbocycles. The molecular weight excluding hydrogens is 1280 g/mol. The number of hydrogen-bond acceptors (Lipinski definition) is 11. The van der Waals surface area contributed by atoms with Crippen LogP contribution >= 0.6 is 47.8 Å². The van der Waals surface area contributed by atoms with E-state index < -0.39 is 15.4 Å². The van der Waals surface area contributed by atoms with E-state index in [2.05, 4.69) is 162 Å². The Labute approximate surface area is 534 Å². The Morgan fingerprint density at radius 3 is 1.52 bits per heavy atom. The average Bonchev–Trinajstić information content (AvgIpc) is 1.54. The van der Waals surface area contributed by atoms with Crippen LogP contribution in [0.15, 0.2) is 246 Å². The summed E-state index contributed by atoms with van der Waals surface area (Å²) >= 11 is 10.2. The van der Waals surface area contributed by atoms with Gasteiger partial charge in [-0.15, -0.1) is 0 Å². The minimum Gasteiger partial charge on any atom is -0.497 e. The second kappa shape index (κ2) is 34.9. The van der Waals surface area contributed by atoms with Gasteiger partial charge in [0.1, 0.15) is 29.5 Å². The van der Waals surface area contributed by atoms with Gasteiger partial charge in [0.05, 0.1) is 37.9 Å². The third-order valence-electron chi connectivity index (χ3n) is 13.0. The van der Waals surface area contributed by atoms with Crippen molar-refractivity contribution in [1.29, 1.82) is 5.26 Å². The summed E-state index contributed by atoms with van der Waals surface area (Å²) in [7, 11) is 0.489. The van der Waals surface area contributed by atoms with E-state index in [0.29, 0.717) is 28.4 Å².